The van der Waals surface area contributed by atoms with Crippen LogP contribution in [0.5, 0.6) is 0 Å². The second kappa shape index (κ2) is 7.14. The third-order valence-electron chi connectivity index (χ3n) is 3.28. The van der Waals surface area contributed by atoms with Crippen LogP contribution in [0, 0.1) is 5.41 Å². The van der Waals surface area contributed by atoms with Crippen molar-refractivity contribution in [2.24, 2.45) is 5.41 Å². The largest absolute Gasteiger partial charge is 0.399 e. The van der Waals surface area contributed by atoms with E-state index in [1.807, 2.05) is 0 Å². The number of benzene rings is 1. The van der Waals surface area contributed by atoms with Gasteiger partial charge in [0.15, 0.2) is 0 Å². The van der Waals surface area contributed by atoms with Crippen molar-refractivity contribution in [3.8, 4) is 0 Å². The molecule has 0 atom stereocenters. The average Bonchev–Trinajstić information content (AvgIpc) is 2.42. The Morgan fingerprint density at radius 2 is 2.10 bits per heavy atom. The van der Waals surface area contributed by atoms with Gasteiger partial charge in [-0.05, 0) is 36.5 Å². The van der Waals surface area contributed by atoms with Gasteiger partial charge in [0.05, 0.1) is 5.56 Å². The first-order chi connectivity index (χ1) is 9.39. The molecule has 0 bridgehead atoms. The van der Waals surface area contributed by atoms with Crippen LogP contribution in [0.25, 0.3) is 0 Å². The molecule has 5 heteroatoms. The Morgan fingerprint density at radius 1 is 1.40 bits per heavy atom. The number of carbonyl (C=O) groups is 1. The van der Waals surface area contributed by atoms with Gasteiger partial charge in [0.2, 0.25) is 0 Å². The zero-order valence-electron chi connectivity index (χ0n) is 12.5. The van der Waals surface area contributed by atoms with Crippen molar-refractivity contribution in [1.29, 1.82) is 0 Å². The summed E-state index contributed by atoms with van der Waals surface area (Å²) < 4.78 is 0. The molecule has 0 aliphatic carbocycles. The number of carbonyl (C=O) groups excluding carboxylic acids is 1. The first kappa shape index (κ1) is 16.3. The Labute approximate surface area is 120 Å². The van der Waals surface area contributed by atoms with Crippen LogP contribution >= 0.6 is 0 Å². The topological polar surface area (TPSA) is 87.4 Å². The number of hydrogen-bond acceptors (Lipinski definition) is 4. The molecule has 0 spiro atoms. The molecule has 1 aromatic rings. The van der Waals surface area contributed by atoms with Gasteiger partial charge in [0.25, 0.3) is 5.91 Å². The molecule has 0 radical (unpaired) electrons. The number of rotatable bonds is 7. The van der Waals surface area contributed by atoms with E-state index in [0.29, 0.717) is 17.8 Å². The first-order valence-electron chi connectivity index (χ1n) is 6.86. The van der Waals surface area contributed by atoms with Crippen LogP contribution in [0.4, 0.5) is 11.4 Å². The van der Waals surface area contributed by atoms with Crippen LogP contribution in [0.15, 0.2) is 18.2 Å². The van der Waals surface area contributed by atoms with E-state index < -0.39 is 0 Å². The Balaban J connectivity index is 2.81. The van der Waals surface area contributed by atoms with Crippen LogP contribution in [-0.2, 0) is 0 Å². The van der Waals surface area contributed by atoms with Crippen LogP contribution in [0.3, 0.4) is 0 Å². The second-order valence-corrected chi connectivity index (χ2v) is 5.73. The van der Waals surface area contributed by atoms with Gasteiger partial charge < -0.3 is 21.5 Å². The van der Waals surface area contributed by atoms with Crippen molar-refractivity contribution in [3.63, 3.8) is 0 Å². The quantitative estimate of drug-likeness (QED) is 0.574. The molecule has 1 rings (SSSR count). The summed E-state index contributed by atoms with van der Waals surface area (Å²) in [6.07, 6.45) is 1.68. The van der Waals surface area contributed by atoms with Gasteiger partial charge in [-0.3, -0.25) is 4.79 Å². The van der Waals surface area contributed by atoms with Crippen LogP contribution in [-0.4, -0.2) is 31.2 Å². The van der Waals surface area contributed by atoms with Gasteiger partial charge in [-0.2, -0.15) is 0 Å². The van der Waals surface area contributed by atoms with E-state index in [1.165, 1.54) is 0 Å². The van der Waals surface area contributed by atoms with Crippen molar-refractivity contribution in [3.05, 3.63) is 23.8 Å². The number of aliphatic hydroxyl groups excluding tert-OH is 1. The summed E-state index contributed by atoms with van der Waals surface area (Å²) in [5.74, 6) is -0.138. The van der Waals surface area contributed by atoms with Crippen molar-refractivity contribution in [2.45, 2.75) is 26.7 Å². The Bertz CT molecular complexity index is 458. The lowest BCUT2D eigenvalue weighted by atomic mass is 9.87. The monoisotopic (exact) mass is 279 g/mol. The molecule has 0 heterocycles. The van der Waals surface area contributed by atoms with E-state index >= 15 is 0 Å². The summed E-state index contributed by atoms with van der Waals surface area (Å²) in [6, 6.07) is 5.20. The van der Waals surface area contributed by atoms with Crippen molar-refractivity contribution in [2.75, 3.05) is 31.2 Å². The number of anilines is 2. The summed E-state index contributed by atoms with van der Waals surface area (Å²) >= 11 is 0. The average molecular weight is 279 g/mol. The number of nitrogens with one attached hydrogen (secondary N) is 2. The molecular weight excluding hydrogens is 254 g/mol. The first-order valence-corrected chi connectivity index (χ1v) is 6.86. The molecule has 0 aliphatic heterocycles. The minimum atomic E-state index is -0.138. The maximum atomic E-state index is 11.8. The standard InChI is InChI=1S/C15H25N3O2/c1-15(2,7-4-8-19)10-18-13-9-11(16)5-6-12(13)14(20)17-3/h5-6,9,18-19H,4,7-8,10,16H2,1-3H3,(H,17,20). The van der Waals surface area contributed by atoms with Crippen molar-refractivity contribution in [1.82, 2.24) is 5.32 Å². The number of nitrogens with two attached hydrogens (primary N) is 1. The number of nitrogen functional groups attached to an aromatic ring is 1. The fourth-order valence-electron chi connectivity index (χ4n) is 2.02. The fourth-order valence-corrected chi connectivity index (χ4v) is 2.02. The third kappa shape index (κ3) is 4.74. The van der Waals surface area contributed by atoms with Crippen LogP contribution < -0.4 is 16.4 Å². The maximum absolute atomic E-state index is 11.8. The Kier molecular flexibility index (Phi) is 5.82. The second-order valence-electron chi connectivity index (χ2n) is 5.73. The molecule has 0 unspecified atom stereocenters. The van der Waals surface area contributed by atoms with Gasteiger partial charge in [0, 0.05) is 31.6 Å². The number of aliphatic hydroxyl groups is 1. The van der Waals surface area contributed by atoms with Crippen molar-refractivity contribution >= 4 is 17.3 Å². The van der Waals surface area contributed by atoms with E-state index in [4.69, 9.17) is 10.8 Å². The van der Waals surface area contributed by atoms with E-state index in [0.717, 1.165) is 18.5 Å². The SMILES string of the molecule is CNC(=O)c1ccc(N)cc1NCC(C)(C)CCCO. The highest BCUT2D eigenvalue weighted by Crippen LogP contribution is 2.25. The van der Waals surface area contributed by atoms with E-state index in [2.05, 4.69) is 24.5 Å². The molecule has 112 valence electrons. The fraction of sp³-hybridized carbons (Fsp3) is 0.533. The molecule has 0 aromatic heterocycles. The lowest BCUT2D eigenvalue weighted by Gasteiger charge is -2.26. The summed E-state index contributed by atoms with van der Waals surface area (Å²) in [4.78, 5) is 11.8. The normalized spacial score (nSPS) is 11.2. The number of amides is 1. The van der Waals surface area contributed by atoms with Gasteiger partial charge in [-0.15, -0.1) is 0 Å². The molecule has 0 saturated heterocycles. The van der Waals surface area contributed by atoms with Gasteiger partial charge in [-0.25, -0.2) is 0 Å². The molecule has 5 N–H and O–H groups in total. The zero-order chi connectivity index (χ0) is 15.2. The van der Waals surface area contributed by atoms with E-state index in [9.17, 15) is 4.79 Å². The lowest BCUT2D eigenvalue weighted by molar-refractivity contribution is 0.0964. The molecule has 20 heavy (non-hydrogen) atoms. The molecule has 1 aromatic carbocycles. The highest BCUT2D eigenvalue weighted by Gasteiger charge is 2.18. The molecule has 0 saturated carbocycles. The minimum Gasteiger partial charge on any atom is -0.399 e. The minimum absolute atomic E-state index is 0.0350. The van der Waals surface area contributed by atoms with Gasteiger partial charge >= 0.3 is 0 Å². The molecule has 1 amide bonds. The third-order valence-corrected chi connectivity index (χ3v) is 3.28. The molecular formula is C15H25N3O2. The summed E-state index contributed by atoms with van der Waals surface area (Å²) in [5.41, 5.74) is 7.76. The molecule has 0 fully saturated rings. The Morgan fingerprint density at radius 3 is 2.70 bits per heavy atom. The maximum Gasteiger partial charge on any atom is 0.253 e. The summed E-state index contributed by atoms with van der Waals surface area (Å²) in [6.45, 7) is 5.16. The van der Waals surface area contributed by atoms with Crippen molar-refractivity contribution < 1.29 is 9.90 Å². The van der Waals surface area contributed by atoms with Gasteiger partial charge in [-0.1, -0.05) is 13.8 Å². The zero-order valence-corrected chi connectivity index (χ0v) is 12.5. The molecule has 0 aliphatic rings. The Hall–Kier alpha value is -1.75. The van der Waals surface area contributed by atoms with E-state index in [-0.39, 0.29) is 17.9 Å². The highest BCUT2D eigenvalue weighted by molar-refractivity contribution is 6.00. The lowest BCUT2D eigenvalue weighted by Crippen LogP contribution is -2.25. The van der Waals surface area contributed by atoms with Gasteiger partial charge in [0.1, 0.15) is 0 Å². The predicted octanol–water partition coefficient (Wildman–Crippen LogP) is 1.84. The highest BCUT2D eigenvalue weighted by atomic mass is 16.2. The predicted molar refractivity (Wildman–Crippen MR) is 82.8 cm³/mol. The van der Waals surface area contributed by atoms with Crippen LogP contribution in [0.2, 0.25) is 0 Å². The molecule has 5 nitrogen and oxygen atoms in total. The van der Waals surface area contributed by atoms with E-state index in [1.54, 1.807) is 25.2 Å². The smallest absolute Gasteiger partial charge is 0.253 e. The number of hydrogen-bond donors (Lipinski definition) is 4. The van der Waals surface area contributed by atoms with Crippen LogP contribution in [0.1, 0.15) is 37.0 Å². The summed E-state index contributed by atoms with van der Waals surface area (Å²) in [5, 5.41) is 14.8. The summed E-state index contributed by atoms with van der Waals surface area (Å²) in [7, 11) is 1.60.